The van der Waals surface area contributed by atoms with Crippen molar-refractivity contribution in [2.45, 2.75) is 57.8 Å². The van der Waals surface area contributed by atoms with E-state index in [-0.39, 0.29) is 17.8 Å². The van der Waals surface area contributed by atoms with Gasteiger partial charge >= 0.3 is 5.97 Å². The third kappa shape index (κ3) is 6.63. The maximum absolute atomic E-state index is 12.7. The summed E-state index contributed by atoms with van der Waals surface area (Å²) in [5.41, 5.74) is 1.19. The molecule has 1 heterocycles. The summed E-state index contributed by atoms with van der Waals surface area (Å²) in [6, 6.07) is 7.92. The third-order valence-electron chi connectivity index (χ3n) is 5.16. The second kappa shape index (κ2) is 10.8. The molecule has 0 aromatic heterocycles. The number of piperidine rings is 1. The van der Waals surface area contributed by atoms with Crippen LogP contribution in [0.15, 0.2) is 24.3 Å². The number of nitrogens with zero attached hydrogens (tertiary/aromatic N) is 1. The van der Waals surface area contributed by atoms with Crippen LogP contribution in [0.4, 0.5) is 0 Å². The van der Waals surface area contributed by atoms with E-state index in [1.807, 2.05) is 24.3 Å². The zero-order valence-corrected chi connectivity index (χ0v) is 16.4. The standard InChI is InChI=1S/C21H32ClNO2/c1-3-4-5-6-7-8-15-25-21(24)20-16-23(2)14-13-19(20)17-9-11-18(22)12-10-17/h9-12,19-20H,3-8,13-16H2,1-2H3/t19-,20+/m0/s1. The van der Waals surface area contributed by atoms with Crippen LogP contribution in [0.5, 0.6) is 0 Å². The first-order valence-electron chi connectivity index (χ1n) is 9.72. The Morgan fingerprint density at radius 3 is 2.56 bits per heavy atom. The molecule has 25 heavy (non-hydrogen) atoms. The third-order valence-corrected chi connectivity index (χ3v) is 5.41. The lowest BCUT2D eigenvalue weighted by Crippen LogP contribution is -2.41. The van der Waals surface area contributed by atoms with Crippen molar-refractivity contribution in [1.29, 1.82) is 0 Å². The van der Waals surface area contributed by atoms with E-state index in [0.717, 1.165) is 37.4 Å². The van der Waals surface area contributed by atoms with E-state index in [1.165, 1.54) is 31.2 Å². The Morgan fingerprint density at radius 1 is 1.16 bits per heavy atom. The lowest BCUT2D eigenvalue weighted by Gasteiger charge is -2.35. The van der Waals surface area contributed by atoms with Crippen molar-refractivity contribution >= 4 is 17.6 Å². The highest BCUT2D eigenvalue weighted by atomic mass is 35.5. The zero-order valence-electron chi connectivity index (χ0n) is 15.7. The van der Waals surface area contributed by atoms with Crippen LogP contribution in [-0.4, -0.2) is 37.6 Å². The average Bonchev–Trinajstić information content (AvgIpc) is 2.61. The number of halogens is 1. The quantitative estimate of drug-likeness (QED) is 0.440. The molecule has 0 radical (unpaired) electrons. The van der Waals surface area contributed by atoms with Crippen LogP contribution in [0, 0.1) is 5.92 Å². The van der Waals surface area contributed by atoms with Crippen LogP contribution in [0.2, 0.25) is 5.02 Å². The number of benzene rings is 1. The van der Waals surface area contributed by atoms with E-state index in [0.29, 0.717) is 6.61 Å². The molecule has 4 heteroatoms. The van der Waals surface area contributed by atoms with Gasteiger partial charge in [0.25, 0.3) is 0 Å². The van der Waals surface area contributed by atoms with Crippen molar-refractivity contribution < 1.29 is 9.53 Å². The van der Waals surface area contributed by atoms with Crippen LogP contribution < -0.4 is 0 Å². The molecular formula is C21H32ClNO2. The van der Waals surface area contributed by atoms with Gasteiger partial charge in [-0.1, -0.05) is 62.8 Å². The summed E-state index contributed by atoms with van der Waals surface area (Å²) in [5.74, 6) is 0.102. The van der Waals surface area contributed by atoms with Crippen molar-refractivity contribution in [2.24, 2.45) is 5.92 Å². The van der Waals surface area contributed by atoms with E-state index < -0.39 is 0 Å². The fraction of sp³-hybridized carbons (Fsp3) is 0.667. The minimum Gasteiger partial charge on any atom is -0.465 e. The SMILES string of the molecule is CCCCCCCCOC(=O)[C@@H]1CN(C)CC[C@H]1c1ccc(Cl)cc1. The molecule has 1 fully saturated rings. The first-order chi connectivity index (χ1) is 12.1. The number of rotatable bonds is 9. The van der Waals surface area contributed by atoms with E-state index in [4.69, 9.17) is 16.3 Å². The topological polar surface area (TPSA) is 29.5 Å². The Bertz CT molecular complexity index is 517. The van der Waals surface area contributed by atoms with Gasteiger partial charge in [-0.05, 0) is 50.0 Å². The maximum atomic E-state index is 12.7. The van der Waals surface area contributed by atoms with Gasteiger partial charge in [-0.2, -0.15) is 0 Å². The Morgan fingerprint density at radius 2 is 1.84 bits per heavy atom. The molecule has 0 saturated carbocycles. The molecule has 140 valence electrons. The maximum Gasteiger partial charge on any atom is 0.310 e. The highest BCUT2D eigenvalue weighted by Crippen LogP contribution is 2.34. The fourth-order valence-electron chi connectivity index (χ4n) is 3.62. The number of unbranched alkanes of at least 4 members (excludes halogenated alkanes) is 5. The van der Waals surface area contributed by atoms with Gasteiger partial charge in [-0.3, -0.25) is 4.79 Å². The fourth-order valence-corrected chi connectivity index (χ4v) is 3.75. The number of carbonyl (C=O) groups is 1. The summed E-state index contributed by atoms with van der Waals surface area (Å²) in [7, 11) is 2.08. The molecule has 0 unspecified atom stereocenters. The number of ether oxygens (including phenoxy) is 1. The van der Waals surface area contributed by atoms with E-state index in [9.17, 15) is 4.79 Å². The van der Waals surface area contributed by atoms with Gasteiger partial charge in [0.1, 0.15) is 0 Å². The van der Waals surface area contributed by atoms with Crippen molar-refractivity contribution in [1.82, 2.24) is 4.90 Å². The molecule has 1 aliphatic heterocycles. The second-order valence-corrected chi connectivity index (χ2v) is 7.69. The molecule has 2 atom stereocenters. The lowest BCUT2D eigenvalue weighted by molar-refractivity contribution is -0.151. The molecule has 0 aliphatic carbocycles. The number of hydrogen-bond donors (Lipinski definition) is 0. The van der Waals surface area contributed by atoms with Crippen LogP contribution in [-0.2, 0) is 9.53 Å². The van der Waals surface area contributed by atoms with Gasteiger partial charge in [-0.15, -0.1) is 0 Å². The van der Waals surface area contributed by atoms with Gasteiger partial charge in [0.15, 0.2) is 0 Å². The van der Waals surface area contributed by atoms with Gasteiger partial charge in [0.05, 0.1) is 12.5 Å². The van der Waals surface area contributed by atoms with E-state index in [2.05, 4.69) is 18.9 Å². The normalized spacial score (nSPS) is 21.2. The molecule has 1 aromatic carbocycles. The predicted molar refractivity (Wildman–Crippen MR) is 104 cm³/mol. The molecule has 0 spiro atoms. The van der Waals surface area contributed by atoms with Gasteiger partial charge < -0.3 is 9.64 Å². The zero-order chi connectivity index (χ0) is 18.1. The molecule has 1 aromatic rings. The van der Waals surface area contributed by atoms with Gasteiger partial charge in [-0.25, -0.2) is 0 Å². The van der Waals surface area contributed by atoms with Crippen molar-refractivity contribution in [3.63, 3.8) is 0 Å². The average molecular weight is 366 g/mol. The van der Waals surface area contributed by atoms with Gasteiger partial charge in [0.2, 0.25) is 0 Å². The monoisotopic (exact) mass is 365 g/mol. The highest BCUT2D eigenvalue weighted by molar-refractivity contribution is 6.30. The molecule has 2 rings (SSSR count). The van der Waals surface area contributed by atoms with Crippen LogP contribution >= 0.6 is 11.6 Å². The Hall–Kier alpha value is -1.06. The van der Waals surface area contributed by atoms with E-state index >= 15 is 0 Å². The van der Waals surface area contributed by atoms with Gasteiger partial charge in [0, 0.05) is 11.6 Å². The summed E-state index contributed by atoms with van der Waals surface area (Å²) >= 11 is 6.00. The van der Waals surface area contributed by atoms with Crippen molar-refractivity contribution in [3.05, 3.63) is 34.9 Å². The van der Waals surface area contributed by atoms with Crippen LogP contribution in [0.1, 0.15) is 63.4 Å². The molecule has 0 N–H and O–H groups in total. The summed E-state index contributed by atoms with van der Waals surface area (Å²) < 4.78 is 5.62. The number of carbonyl (C=O) groups excluding carboxylic acids is 1. The van der Waals surface area contributed by atoms with Crippen molar-refractivity contribution in [2.75, 3.05) is 26.7 Å². The smallest absolute Gasteiger partial charge is 0.310 e. The Labute approximate surface area is 157 Å². The molecule has 3 nitrogen and oxygen atoms in total. The first-order valence-corrected chi connectivity index (χ1v) is 10.1. The van der Waals surface area contributed by atoms with Crippen LogP contribution in [0.25, 0.3) is 0 Å². The summed E-state index contributed by atoms with van der Waals surface area (Å²) in [6.07, 6.45) is 8.20. The predicted octanol–water partition coefficient (Wildman–Crippen LogP) is 5.28. The van der Waals surface area contributed by atoms with Crippen molar-refractivity contribution in [3.8, 4) is 0 Å². The minimum absolute atomic E-state index is 0.0416. The Balaban J connectivity index is 1.84. The largest absolute Gasteiger partial charge is 0.465 e. The van der Waals surface area contributed by atoms with E-state index in [1.54, 1.807) is 0 Å². The molecular weight excluding hydrogens is 334 g/mol. The molecule has 0 amide bonds. The Kier molecular flexibility index (Phi) is 8.77. The summed E-state index contributed by atoms with van der Waals surface area (Å²) in [4.78, 5) is 14.9. The molecule has 1 saturated heterocycles. The second-order valence-electron chi connectivity index (χ2n) is 7.25. The number of likely N-dealkylation sites (tertiary alicyclic amines) is 1. The minimum atomic E-state index is -0.0833. The molecule has 1 aliphatic rings. The highest BCUT2D eigenvalue weighted by Gasteiger charge is 2.35. The van der Waals surface area contributed by atoms with Crippen LogP contribution in [0.3, 0.4) is 0 Å². The number of esters is 1. The lowest BCUT2D eigenvalue weighted by atomic mass is 9.80. The summed E-state index contributed by atoms with van der Waals surface area (Å²) in [6.45, 7) is 4.55. The number of hydrogen-bond acceptors (Lipinski definition) is 3. The summed E-state index contributed by atoms with van der Waals surface area (Å²) in [5, 5.41) is 0.735. The first kappa shape index (κ1) is 20.3. The molecule has 0 bridgehead atoms.